The largest absolute Gasteiger partial charge is 0.494 e. The van der Waals surface area contributed by atoms with Gasteiger partial charge < -0.3 is 19.5 Å². The molecule has 0 aromatic heterocycles. The third kappa shape index (κ3) is 7.93. The fraction of sp³-hybridized carbons (Fsp3) is 0.257. The summed E-state index contributed by atoms with van der Waals surface area (Å²) >= 11 is 3.65. The van der Waals surface area contributed by atoms with E-state index in [0.29, 0.717) is 42.1 Å². The Morgan fingerprint density at radius 1 is 1.06 bits per heavy atom. The van der Waals surface area contributed by atoms with Gasteiger partial charge in [0.25, 0.3) is 5.91 Å². The number of hydrazine groups is 1. The quantitative estimate of drug-likeness (QED) is 0.0449. The Bertz CT molecular complexity index is 1760. The number of anilines is 1. The number of carbonyl (C=O) groups is 1. The van der Waals surface area contributed by atoms with Crippen molar-refractivity contribution in [3.8, 4) is 5.75 Å². The van der Waals surface area contributed by atoms with Crippen LogP contribution in [0.15, 0.2) is 112 Å². The summed E-state index contributed by atoms with van der Waals surface area (Å²) in [5.41, 5.74) is 18.2. The first kappa shape index (κ1) is 33.5. The van der Waals surface area contributed by atoms with Crippen molar-refractivity contribution in [3.05, 3.63) is 134 Å². The number of aliphatic imine (C=N–C) groups is 1. The zero-order valence-electron chi connectivity index (χ0n) is 26.1. The smallest absolute Gasteiger partial charge is 0.266 e. The van der Waals surface area contributed by atoms with Crippen molar-refractivity contribution in [2.24, 2.45) is 10.1 Å². The lowest BCUT2D eigenvalue weighted by Gasteiger charge is -2.31. The van der Waals surface area contributed by atoms with Gasteiger partial charge in [0.2, 0.25) is 5.90 Å². The molecule has 0 bridgehead atoms. The van der Waals surface area contributed by atoms with Gasteiger partial charge in [-0.3, -0.25) is 10.2 Å². The Balaban J connectivity index is 1.54. The van der Waals surface area contributed by atoms with Crippen LogP contribution in [0.4, 0.5) is 11.4 Å². The molecular weight excluding hydrogens is 662 g/mol. The van der Waals surface area contributed by atoms with Crippen LogP contribution in [-0.4, -0.2) is 49.8 Å². The molecule has 2 atom stereocenters. The molecule has 242 valence electrons. The van der Waals surface area contributed by atoms with Gasteiger partial charge >= 0.3 is 0 Å². The molecule has 0 saturated carbocycles. The Morgan fingerprint density at radius 3 is 2.49 bits per heavy atom. The zero-order chi connectivity index (χ0) is 33.2. The highest BCUT2D eigenvalue weighted by molar-refractivity contribution is 9.10. The second-order valence-electron chi connectivity index (χ2n) is 11.2. The number of carbonyl (C=O) groups excluding carboxylic acids is 1. The SMILES string of the molecule is CN(C)c1ccc(CNNC(=O)[C@@]2(Cc3ccccc3Br)N=C(c3ccc(OCCCO)cc3)O[C@H]2c2ccccc2N=[N+]=[N-])cc1. The lowest BCUT2D eigenvalue weighted by molar-refractivity contribution is -0.130. The number of nitrogens with one attached hydrogen (secondary N) is 2. The number of azide groups is 1. The van der Waals surface area contributed by atoms with Gasteiger partial charge in [-0.2, -0.15) is 0 Å². The van der Waals surface area contributed by atoms with Gasteiger partial charge in [-0.25, -0.2) is 10.4 Å². The maximum atomic E-state index is 14.5. The summed E-state index contributed by atoms with van der Waals surface area (Å²) in [5.74, 6) is 0.470. The average Bonchev–Trinajstić information content (AvgIpc) is 3.47. The van der Waals surface area contributed by atoms with Crippen molar-refractivity contribution in [2.75, 3.05) is 32.2 Å². The molecule has 0 spiro atoms. The second kappa shape index (κ2) is 15.6. The van der Waals surface area contributed by atoms with Crippen molar-refractivity contribution in [1.29, 1.82) is 0 Å². The molecule has 0 radical (unpaired) electrons. The van der Waals surface area contributed by atoms with Crippen LogP contribution in [0, 0.1) is 0 Å². The van der Waals surface area contributed by atoms with Crippen LogP contribution in [0.3, 0.4) is 0 Å². The minimum atomic E-state index is -1.52. The Labute approximate surface area is 282 Å². The first-order valence-corrected chi connectivity index (χ1v) is 15.9. The van der Waals surface area contributed by atoms with E-state index in [-0.39, 0.29) is 18.9 Å². The summed E-state index contributed by atoms with van der Waals surface area (Å²) in [6.07, 6.45) is -0.264. The number of aliphatic hydroxyl groups excluding tert-OH is 1. The van der Waals surface area contributed by atoms with Crippen LogP contribution in [0.5, 0.6) is 5.75 Å². The van der Waals surface area contributed by atoms with Crippen molar-refractivity contribution >= 4 is 39.1 Å². The van der Waals surface area contributed by atoms with Crippen LogP contribution >= 0.6 is 15.9 Å². The predicted octanol–water partition coefficient (Wildman–Crippen LogP) is 6.54. The van der Waals surface area contributed by atoms with E-state index in [4.69, 9.17) is 19.6 Å². The maximum absolute atomic E-state index is 14.5. The molecule has 1 amide bonds. The second-order valence-corrected chi connectivity index (χ2v) is 12.0. The number of ether oxygens (including phenoxy) is 2. The summed E-state index contributed by atoms with van der Waals surface area (Å²) in [4.78, 5) is 24.6. The van der Waals surface area contributed by atoms with Crippen molar-refractivity contribution in [3.63, 3.8) is 0 Å². The van der Waals surface area contributed by atoms with E-state index in [9.17, 15) is 10.3 Å². The average molecular weight is 699 g/mol. The first-order chi connectivity index (χ1) is 22.8. The molecule has 11 nitrogen and oxygen atoms in total. The van der Waals surface area contributed by atoms with Crippen molar-refractivity contribution in [1.82, 2.24) is 10.9 Å². The molecular formula is C35H36BrN7O4. The highest BCUT2D eigenvalue weighted by Crippen LogP contribution is 2.46. The summed E-state index contributed by atoms with van der Waals surface area (Å²) in [5, 5.41) is 13.0. The molecule has 4 aromatic rings. The normalized spacial score (nSPS) is 16.9. The van der Waals surface area contributed by atoms with Crippen LogP contribution in [0.2, 0.25) is 0 Å². The van der Waals surface area contributed by atoms with E-state index in [1.807, 2.05) is 85.7 Å². The number of nitrogens with zero attached hydrogens (tertiary/aromatic N) is 5. The lowest BCUT2D eigenvalue weighted by Crippen LogP contribution is -2.53. The molecule has 1 heterocycles. The van der Waals surface area contributed by atoms with Gasteiger partial charge in [0.05, 0.1) is 6.61 Å². The molecule has 47 heavy (non-hydrogen) atoms. The molecule has 5 rings (SSSR count). The molecule has 1 aliphatic rings. The number of benzene rings is 4. The molecule has 4 aromatic carbocycles. The van der Waals surface area contributed by atoms with Gasteiger partial charge in [-0.05, 0) is 59.1 Å². The van der Waals surface area contributed by atoms with E-state index in [0.717, 1.165) is 21.3 Å². The number of halogens is 1. The summed E-state index contributed by atoms with van der Waals surface area (Å²) in [7, 11) is 3.96. The van der Waals surface area contributed by atoms with Gasteiger partial charge in [-0.15, -0.1) is 0 Å². The van der Waals surface area contributed by atoms with E-state index in [2.05, 4.69) is 36.8 Å². The first-order valence-electron chi connectivity index (χ1n) is 15.1. The fourth-order valence-corrected chi connectivity index (χ4v) is 5.71. The zero-order valence-corrected chi connectivity index (χ0v) is 27.7. The molecule has 0 saturated heterocycles. The summed E-state index contributed by atoms with van der Waals surface area (Å²) in [6, 6.07) is 29.9. The number of hydrogen-bond acceptors (Lipinski definition) is 8. The molecule has 12 heteroatoms. The minimum Gasteiger partial charge on any atom is -0.494 e. The van der Waals surface area contributed by atoms with E-state index in [1.54, 1.807) is 30.3 Å². The number of rotatable bonds is 14. The van der Waals surface area contributed by atoms with Gasteiger partial charge in [0.1, 0.15) is 5.75 Å². The molecule has 1 aliphatic heterocycles. The maximum Gasteiger partial charge on any atom is 0.266 e. The number of amides is 1. The highest BCUT2D eigenvalue weighted by atomic mass is 79.9. The third-order valence-corrected chi connectivity index (χ3v) is 8.54. The van der Waals surface area contributed by atoms with Gasteiger partial charge in [0, 0.05) is 72.0 Å². The Kier molecular flexibility index (Phi) is 11.1. The lowest BCUT2D eigenvalue weighted by atomic mass is 9.81. The molecule has 0 aliphatic carbocycles. The van der Waals surface area contributed by atoms with Crippen LogP contribution in [-0.2, 0) is 22.5 Å². The molecule has 0 fully saturated rings. The van der Waals surface area contributed by atoms with Crippen molar-refractivity contribution < 1.29 is 19.4 Å². The Morgan fingerprint density at radius 2 is 1.79 bits per heavy atom. The van der Waals surface area contributed by atoms with E-state index >= 15 is 0 Å². The predicted molar refractivity (Wildman–Crippen MR) is 186 cm³/mol. The van der Waals surface area contributed by atoms with Crippen LogP contribution < -0.4 is 20.5 Å². The summed E-state index contributed by atoms with van der Waals surface area (Å²) in [6.45, 7) is 0.800. The fourth-order valence-electron chi connectivity index (χ4n) is 5.29. The minimum absolute atomic E-state index is 0.0424. The third-order valence-electron chi connectivity index (χ3n) is 7.77. The van der Waals surface area contributed by atoms with Crippen LogP contribution in [0.25, 0.3) is 10.4 Å². The molecule has 0 unspecified atom stereocenters. The van der Waals surface area contributed by atoms with Gasteiger partial charge in [-0.1, -0.05) is 75.6 Å². The topological polar surface area (TPSA) is 144 Å². The highest BCUT2D eigenvalue weighted by Gasteiger charge is 2.54. The van der Waals surface area contributed by atoms with Crippen LogP contribution in [0.1, 0.15) is 34.8 Å². The van der Waals surface area contributed by atoms with Crippen molar-refractivity contribution in [2.45, 2.75) is 31.0 Å². The number of aliphatic hydroxyl groups is 1. The monoisotopic (exact) mass is 697 g/mol. The summed E-state index contributed by atoms with van der Waals surface area (Å²) < 4.78 is 13.1. The van der Waals surface area contributed by atoms with E-state index in [1.165, 1.54) is 0 Å². The number of hydrogen-bond donors (Lipinski definition) is 3. The Hall–Kier alpha value is -4.87. The van der Waals surface area contributed by atoms with Gasteiger partial charge in [0.15, 0.2) is 11.6 Å². The van der Waals surface area contributed by atoms with E-state index < -0.39 is 17.6 Å². The molecule has 3 N–H and O–H groups in total. The standard InChI is InChI=1S/C35H36BrN7O4/c1-43(2)27-16-12-24(13-17-27)23-38-41-34(45)35(22-26-8-3-5-10-30(26)36)32(29-9-4-6-11-31(29)40-42-37)47-33(39-35)25-14-18-28(19-15-25)46-21-7-20-44/h3-6,8-19,32,38,44H,7,20-23H2,1-2H3,(H,41,45)/t32-,35-/m0/s1.